The molecule has 2 aromatic carbocycles. The largest absolute Gasteiger partial charge is 0.507 e. The second-order valence-corrected chi connectivity index (χ2v) is 8.72. The van der Waals surface area contributed by atoms with Gasteiger partial charge in [0.25, 0.3) is 11.7 Å². The molecule has 8 heteroatoms. The molecule has 1 aromatic heterocycles. The number of Topliss-reactive ketones (excluding diaryl/α,β-unsaturated/α-hetero) is 1. The number of nitrogens with zero attached hydrogens (tertiary/aromatic N) is 3. The van der Waals surface area contributed by atoms with Gasteiger partial charge in [0.05, 0.1) is 18.7 Å². The second kappa shape index (κ2) is 11.0. The molecule has 1 aliphatic heterocycles. The number of hydrogen-bond donors (Lipinski definition) is 1. The summed E-state index contributed by atoms with van der Waals surface area (Å²) in [5.41, 5.74) is 2.09. The van der Waals surface area contributed by atoms with E-state index < -0.39 is 17.7 Å². The molecule has 1 amide bonds. The number of aliphatic hydroxyl groups is 1. The Hall–Kier alpha value is -4.17. The maximum Gasteiger partial charge on any atom is 0.295 e. The molecule has 3 aromatic rings. The van der Waals surface area contributed by atoms with Crippen molar-refractivity contribution >= 4 is 17.4 Å². The van der Waals surface area contributed by atoms with Gasteiger partial charge in [0, 0.05) is 31.0 Å². The molecule has 8 nitrogen and oxygen atoms in total. The number of ketones is 1. The Bertz CT molecular complexity index is 1260. The molecule has 0 aliphatic carbocycles. The predicted molar refractivity (Wildman–Crippen MR) is 136 cm³/mol. The van der Waals surface area contributed by atoms with Crippen molar-refractivity contribution in [2.45, 2.75) is 12.6 Å². The van der Waals surface area contributed by atoms with E-state index in [0.29, 0.717) is 42.3 Å². The molecular formula is C28H29N3O5. The van der Waals surface area contributed by atoms with E-state index in [9.17, 15) is 14.7 Å². The summed E-state index contributed by atoms with van der Waals surface area (Å²) in [4.78, 5) is 33.6. The van der Waals surface area contributed by atoms with Crippen LogP contribution >= 0.6 is 0 Å². The van der Waals surface area contributed by atoms with Crippen LogP contribution in [0.15, 0.2) is 78.6 Å². The SMILES string of the molecule is COc1cc(C2C(=C(O)c3ccncc3)C(=O)C(=O)N2CCN(C)C)ccc1OCc1ccccc1. The van der Waals surface area contributed by atoms with Crippen LogP contribution in [-0.2, 0) is 16.2 Å². The fourth-order valence-electron chi connectivity index (χ4n) is 4.14. The first kappa shape index (κ1) is 24.9. The number of aliphatic hydroxyl groups excluding tert-OH is 1. The second-order valence-electron chi connectivity index (χ2n) is 8.72. The molecule has 1 N–H and O–H groups in total. The number of carbonyl (C=O) groups is 2. The molecule has 1 aliphatic rings. The number of likely N-dealkylation sites (tertiary alicyclic amines) is 1. The van der Waals surface area contributed by atoms with Crippen LogP contribution < -0.4 is 9.47 Å². The van der Waals surface area contributed by atoms with Crippen molar-refractivity contribution in [3.05, 3.63) is 95.3 Å². The summed E-state index contributed by atoms with van der Waals surface area (Å²) >= 11 is 0. The molecule has 1 atom stereocenters. The van der Waals surface area contributed by atoms with E-state index in [1.54, 1.807) is 30.3 Å². The Labute approximate surface area is 210 Å². The van der Waals surface area contributed by atoms with Gasteiger partial charge in [-0.1, -0.05) is 36.4 Å². The highest BCUT2D eigenvalue weighted by Gasteiger charge is 2.46. The summed E-state index contributed by atoms with van der Waals surface area (Å²) in [6.07, 6.45) is 3.04. The monoisotopic (exact) mass is 487 g/mol. The van der Waals surface area contributed by atoms with Crippen molar-refractivity contribution in [3.63, 3.8) is 0 Å². The Morgan fingerprint density at radius 3 is 2.42 bits per heavy atom. The topological polar surface area (TPSA) is 92.2 Å². The number of ether oxygens (including phenoxy) is 2. The Kier molecular flexibility index (Phi) is 7.65. The number of methoxy groups -OCH3 is 1. The Balaban J connectivity index is 1.74. The predicted octanol–water partition coefficient (Wildman–Crippen LogP) is 3.65. The lowest BCUT2D eigenvalue weighted by Gasteiger charge is -2.27. The number of benzene rings is 2. The number of aromatic nitrogens is 1. The molecule has 0 bridgehead atoms. The van der Waals surface area contributed by atoms with Crippen molar-refractivity contribution < 1.29 is 24.2 Å². The zero-order chi connectivity index (χ0) is 25.7. The highest BCUT2D eigenvalue weighted by Crippen LogP contribution is 2.42. The van der Waals surface area contributed by atoms with Crippen LogP contribution in [0, 0.1) is 0 Å². The van der Waals surface area contributed by atoms with E-state index in [2.05, 4.69) is 4.98 Å². The van der Waals surface area contributed by atoms with E-state index in [1.807, 2.05) is 49.3 Å². The van der Waals surface area contributed by atoms with Crippen molar-refractivity contribution in [1.82, 2.24) is 14.8 Å². The maximum absolute atomic E-state index is 13.1. The lowest BCUT2D eigenvalue weighted by Crippen LogP contribution is -2.35. The van der Waals surface area contributed by atoms with Gasteiger partial charge in [-0.05, 0) is 49.5 Å². The first-order valence-electron chi connectivity index (χ1n) is 11.6. The molecule has 0 radical (unpaired) electrons. The zero-order valence-corrected chi connectivity index (χ0v) is 20.5. The number of rotatable bonds is 9. The number of likely N-dealkylation sites (N-methyl/N-ethyl adjacent to an activating group) is 1. The highest BCUT2D eigenvalue weighted by atomic mass is 16.5. The van der Waals surface area contributed by atoms with Crippen LogP contribution in [-0.4, -0.2) is 65.9 Å². The number of hydrogen-bond acceptors (Lipinski definition) is 7. The van der Waals surface area contributed by atoms with E-state index in [4.69, 9.17) is 9.47 Å². The van der Waals surface area contributed by atoms with Gasteiger partial charge in [0.1, 0.15) is 12.4 Å². The van der Waals surface area contributed by atoms with E-state index >= 15 is 0 Å². The average molecular weight is 488 g/mol. The Morgan fingerprint density at radius 2 is 1.75 bits per heavy atom. The van der Waals surface area contributed by atoms with Crippen LogP contribution in [0.1, 0.15) is 22.7 Å². The lowest BCUT2D eigenvalue weighted by molar-refractivity contribution is -0.140. The third-order valence-corrected chi connectivity index (χ3v) is 6.02. The minimum absolute atomic E-state index is 0.0324. The lowest BCUT2D eigenvalue weighted by atomic mass is 9.95. The normalized spacial score (nSPS) is 17.0. The van der Waals surface area contributed by atoms with E-state index in [-0.39, 0.29) is 11.3 Å². The number of carbonyl (C=O) groups excluding carboxylic acids is 2. The van der Waals surface area contributed by atoms with Gasteiger partial charge >= 0.3 is 0 Å². The van der Waals surface area contributed by atoms with Crippen LogP contribution in [0.3, 0.4) is 0 Å². The van der Waals surface area contributed by atoms with Gasteiger partial charge in [-0.15, -0.1) is 0 Å². The quantitative estimate of drug-likeness (QED) is 0.280. The van der Waals surface area contributed by atoms with Crippen molar-refractivity contribution in [3.8, 4) is 11.5 Å². The van der Waals surface area contributed by atoms with Gasteiger partial charge in [0.15, 0.2) is 11.5 Å². The minimum Gasteiger partial charge on any atom is -0.507 e. The van der Waals surface area contributed by atoms with Crippen molar-refractivity contribution in [1.29, 1.82) is 0 Å². The maximum atomic E-state index is 13.1. The smallest absolute Gasteiger partial charge is 0.295 e. The molecule has 186 valence electrons. The van der Waals surface area contributed by atoms with Crippen molar-refractivity contribution in [2.75, 3.05) is 34.3 Å². The van der Waals surface area contributed by atoms with Crippen LogP contribution in [0.5, 0.6) is 11.5 Å². The molecule has 4 rings (SSSR count). The highest BCUT2D eigenvalue weighted by molar-refractivity contribution is 6.46. The first-order chi connectivity index (χ1) is 17.4. The van der Waals surface area contributed by atoms with Crippen LogP contribution in [0.2, 0.25) is 0 Å². The first-order valence-corrected chi connectivity index (χ1v) is 11.6. The Morgan fingerprint density at radius 1 is 1.03 bits per heavy atom. The van der Waals surface area contributed by atoms with Gasteiger partial charge in [-0.2, -0.15) is 0 Å². The molecule has 0 spiro atoms. The van der Waals surface area contributed by atoms with Gasteiger partial charge in [-0.25, -0.2) is 0 Å². The number of amides is 1. The molecule has 1 fully saturated rings. The van der Waals surface area contributed by atoms with Crippen molar-refractivity contribution in [2.24, 2.45) is 0 Å². The molecule has 2 heterocycles. The van der Waals surface area contributed by atoms with E-state index in [1.165, 1.54) is 24.4 Å². The summed E-state index contributed by atoms with van der Waals surface area (Å²) in [5, 5.41) is 11.1. The summed E-state index contributed by atoms with van der Waals surface area (Å²) in [6.45, 7) is 1.22. The van der Waals surface area contributed by atoms with Gasteiger partial charge in [0.2, 0.25) is 0 Å². The summed E-state index contributed by atoms with van der Waals surface area (Å²) in [7, 11) is 5.32. The van der Waals surface area contributed by atoms with Crippen LogP contribution in [0.25, 0.3) is 5.76 Å². The summed E-state index contributed by atoms with van der Waals surface area (Å²) in [5.74, 6) is -0.622. The molecule has 36 heavy (non-hydrogen) atoms. The summed E-state index contributed by atoms with van der Waals surface area (Å²) < 4.78 is 11.6. The summed E-state index contributed by atoms with van der Waals surface area (Å²) in [6, 6.07) is 17.5. The molecule has 1 saturated heterocycles. The fourth-order valence-corrected chi connectivity index (χ4v) is 4.14. The third-order valence-electron chi connectivity index (χ3n) is 6.02. The molecule has 0 saturated carbocycles. The standard InChI is InChI=1S/C28H29N3O5/c1-30(2)15-16-31-25(24(27(33)28(31)34)26(32)20-11-13-29-14-12-20)21-9-10-22(23(17-21)35-3)36-18-19-7-5-4-6-8-19/h4-14,17,25,32H,15-16,18H2,1-3H3. The van der Waals surface area contributed by atoms with Crippen LogP contribution in [0.4, 0.5) is 0 Å². The zero-order valence-electron chi connectivity index (χ0n) is 20.5. The molecule has 1 unspecified atom stereocenters. The van der Waals surface area contributed by atoms with Gasteiger partial charge < -0.3 is 24.4 Å². The minimum atomic E-state index is -0.782. The number of pyridine rings is 1. The molecular weight excluding hydrogens is 458 g/mol. The average Bonchev–Trinajstić information content (AvgIpc) is 3.16. The van der Waals surface area contributed by atoms with Gasteiger partial charge in [-0.3, -0.25) is 14.6 Å². The van der Waals surface area contributed by atoms with E-state index in [0.717, 1.165) is 5.56 Å². The fraction of sp³-hybridized carbons (Fsp3) is 0.250. The third kappa shape index (κ3) is 5.23.